The van der Waals surface area contributed by atoms with Crippen LogP contribution in [0.4, 0.5) is 0 Å². The third-order valence-corrected chi connectivity index (χ3v) is 10.1. The van der Waals surface area contributed by atoms with Crippen molar-refractivity contribution < 1.29 is 19.1 Å². The monoisotopic (exact) mass is 464 g/mol. The van der Waals surface area contributed by atoms with Crippen molar-refractivity contribution in [2.24, 2.45) is 34.5 Å². The maximum absolute atomic E-state index is 13.0. The van der Waals surface area contributed by atoms with E-state index in [1.807, 2.05) is 18.2 Å². The molecule has 0 spiro atoms. The van der Waals surface area contributed by atoms with Gasteiger partial charge in [0.05, 0.1) is 12.7 Å². The fourth-order valence-corrected chi connectivity index (χ4v) is 8.62. The molecule has 3 saturated carbocycles. The van der Waals surface area contributed by atoms with Crippen molar-refractivity contribution in [2.75, 3.05) is 0 Å². The molecule has 8 atom stereocenters. The number of Topliss-reactive ketones (excluding diaryl/α,β-unsaturated/α-hetero) is 1. The van der Waals surface area contributed by atoms with Crippen molar-refractivity contribution in [1.29, 1.82) is 0 Å². The summed E-state index contributed by atoms with van der Waals surface area (Å²) in [6.45, 7) is 8.71. The summed E-state index contributed by atoms with van der Waals surface area (Å²) in [6, 6.07) is 10.3. The highest BCUT2D eigenvalue weighted by Gasteiger charge is 2.62. The highest BCUT2D eigenvalue weighted by molar-refractivity contribution is 5.80. The molecule has 3 fully saturated rings. The van der Waals surface area contributed by atoms with E-state index < -0.39 is 0 Å². The van der Waals surface area contributed by atoms with Gasteiger partial charge in [-0.05, 0) is 79.6 Å². The van der Waals surface area contributed by atoms with Gasteiger partial charge in [0, 0.05) is 19.3 Å². The van der Waals surface area contributed by atoms with Gasteiger partial charge in [-0.2, -0.15) is 0 Å². The summed E-state index contributed by atoms with van der Waals surface area (Å²) < 4.78 is 12.1. The lowest BCUT2D eigenvalue weighted by Gasteiger charge is -2.57. The van der Waals surface area contributed by atoms with Crippen LogP contribution in [0.2, 0.25) is 0 Å². The first-order valence-corrected chi connectivity index (χ1v) is 13.2. The molecule has 4 heteroatoms. The van der Waals surface area contributed by atoms with Crippen LogP contribution >= 0.6 is 0 Å². The highest BCUT2D eigenvalue weighted by atomic mass is 16.5. The molecule has 0 heterocycles. The minimum Gasteiger partial charge on any atom is -0.462 e. The molecular formula is C30H40O4. The summed E-state index contributed by atoms with van der Waals surface area (Å²) >= 11 is 0. The van der Waals surface area contributed by atoms with Crippen molar-refractivity contribution >= 4 is 11.8 Å². The molecule has 34 heavy (non-hydrogen) atoms. The van der Waals surface area contributed by atoms with Crippen LogP contribution in [-0.4, -0.2) is 24.0 Å². The van der Waals surface area contributed by atoms with Crippen LogP contribution in [0.25, 0.3) is 0 Å². The van der Waals surface area contributed by atoms with Crippen LogP contribution in [0, 0.1) is 34.5 Å². The Morgan fingerprint density at radius 2 is 1.79 bits per heavy atom. The standard InChI is InChI=1S/C30H40O4/c1-19(31)28-27(33-18-21-8-6-5-7-9-21)17-26-24-11-10-22-16-23(34-20(2)32)12-14-29(22,3)25(24)13-15-30(26,28)4/h5-10,23-28H,11-18H2,1-4H3/t23?,24?,25?,26?,27-,28?,29?,30?/m1/s1. The third-order valence-electron chi connectivity index (χ3n) is 10.1. The molecule has 4 aliphatic carbocycles. The number of allylic oxidation sites excluding steroid dienone is 1. The second kappa shape index (κ2) is 8.93. The Morgan fingerprint density at radius 1 is 1.03 bits per heavy atom. The lowest BCUT2D eigenvalue weighted by molar-refractivity contribution is -0.149. The van der Waals surface area contributed by atoms with Gasteiger partial charge in [0.25, 0.3) is 0 Å². The number of fused-ring (bicyclic) bond motifs is 5. The van der Waals surface area contributed by atoms with Gasteiger partial charge in [-0.25, -0.2) is 0 Å². The number of hydrogen-bond donors (Lipinski definition) is 0. The predicted octanol–water partition coefficient (Wildman–Crippen LogP) is 6.28. The van der Waals surface area contributed by atoms with Crippen molar-refractivity contribution in [3.63, 3.8) is 0 Å². The molecule has 0 N–H and O–H groups in total. The van der Waals surface area contributed by atoms with E-state index in [0.717, 1.165) is 38.5 Å². The molecule has 1 aromatic rings. The minimum absolute atomic E-state index is 0.00402. The van der Waals surface area contributed by atoms with E-state index in [1.54, 1.807) is 6.92 Å². The van der Waals surface area contributed by atoms with E-state index in [9.17, 15) is 9.59 Å². The molecule has 1 aromatic carbocycles. The number of benzene rings is 1. The number of hydrogen-bond acceptors (Lipinski definition) is 4. The van der Waals surface area contributed by atoms with Gasteiger partial charge in [0.1, 0.15) is 11.9 Å². The maximum atomic E-state index is 13.0. The molecule has 7 unspecified atom stereocenters. The normalized spacial score (nSPS) is 41.0. The summed E-state index contributed by atoms with van der Waals surface area (Å²) in [5.74, 6) is 1.87. The van der Waals surface area contributed by atoms with Gasteiger partial charge in [0.15, 0.2) is 0 Å². The van der Waals surface area contributed by atoms with Crippen molar-refractivity contribution in [3.8, 4) is 0 Å². The second-order valence-corrected chi connectivity index (χ2v) is 11.9. The van der Waals surface area contributed by atoms with Gasteiger partial charge in [0.2, 0.25) is 0 Å². The Balaban J connectivity index is 1.37. The Morgan fingerprint density at radius 3 is 2.50 bits per heavy atom. The molecule has 0 aromatic heterocycles. The summed E-state index contributed by atoms with van der Waals surface area (Å²) in [6.07, 6.45) is 9.80. The average Bonchev–Trinajstić information content (AvgIpc) is 3.11. The quantitative estimate of drug-likeness (QED) is 0.380. The van der Waals surface area contributed by atoms with Gasteiger partial charge in [-0.1, -0.05) is 55.8 Å². The van der Waals surface area contributed by atoms with Crippen molar-refractivity contribution in [1.82, 2.24) is 0 Å². The summed E-state index contributed by atoms with van der Waals surface area (Å²) in [5, 5.41) is 0. The van der Waals surface area contributed by atoms with Crippen LogP contribution in [-0.2, 0) is 25.7 Å². The van der Waals surface area contributed by atoms with Gasteiger partial charge < -0.3 is 9.47 Å². The highest BCUT2D eigenvalue weighted by Crippen LogP contribution is 2.66. The number of rotatable bonds is 5. The Hall–Kier alpha value is -1.94. The molecule has 0 radical (unpaired) electrons. The van der Waals surface area contributed by atoms with Gasteiger partial charge in [-0.3, -0.25) is 9.59 Å². The summed E-state index contributed by atoms with van der Waals surface area (Å²) in [4.78, 5) is 24.5. The van der Waals surface area contributed by atoms with Crippen molar-refractivity contribution in [3.05, 3.63) is 47.5 Å². The van der Waals surface area contributed by atoms with Gasteiger partial charge in [-0.15, -0.1) is 0 Å². The van der Waals surface area contributed by atoms with E-state index in [-0.39, 0.29) is 34.9 Å². The SMILES string of the molecule is CC(=O)OC1CCC2(C)C(=CCC3C2CCC2(C)C3C[C@@H](OCc3ccccc3)C2C(C)=O)C1. The molecule has 0 bridgehead atoms. The van der Waals surface area contributed by atoms with E-state index >= 15 is 0 Å². The Labute approximate surface area is 204 Å². The summed E-state index contributed by atoms with van der Waals surface area (Å²) in [7, 11) is 0. The molecule has 5 rings (SSSR count). The first-order chi connectivity index (χ1) is 16.2. The fourth-order valence-electron chi connectivity index (χ4n) is 8.62. The average molecular weight is 465 g/mol. The van der Waals surface area contributed by atoms with Crippen LogP contribution in [0.5, 0.6) is 0 Å². The number of carbonyl (C=O) groups is 2. The summed E-state index contributed by atoms with van der Waals surface area (Å²) in [5.41, 5.74) is 2.89. The topological polar surface area (TPSA) is 52.6 Å². The number of esters is 1. The first-order valence-electron chi connectivity index (χ1n) is 13.2. The molecule has 0 aliphatic heterocycles. The molecule has 0 saturated heterocycles. The zero-order valence-corrected chi connectivity index (χ0v) is 21.2. The third kappa shape index (κ3) is 3.96. The zero-order chi connectivity index (χ0) is 24.1. The molecule has 4 nitrogen and oxygen atoms in total. The van der Waals surface area contributed by atoms with Crippen LogP contribution in [0.15, 0.2) is 42.0 Å². The van der Waals surface area contributed by atoms with Crippen molar-refractivity contribution in [2.45, 2.75) is 91.5 Å². The smallest absolute Gasteiger partial charge is 0.302 e. The van der Waals surface area contributed by atoms with E-state index in [0.29, 0.717) is 30.1 Å². The van der Waals surface area contributed by atoms with Crippen LogP contribution in [0.1, 0.15) is 78.2 Å². The molecule has 0 amide bonds. The molecule has 4 aliphatic rings. The minimum atomic E-state index is -0.168. The second-order valence-electron chi connectivity index (χ2n) is 11.9. The van der Waals surface area contributed by atoms with E-state index in [2.05, 4.69) is 32.1 Å². The largest absolute Gasteiger partial charge is 0.462 e. The zero-order valence-electron chi connectivity index (χ0n) is 21.2. The number of ether oxygens (including phenoxy) is 2. The predicted molar refractivity (Wildman–Crippen MR) is 132 cm³/mol. The van der Waals surface area contributed by atoms with Crippen LogP contribution < -0.4 is 0 Å². The maximum Gasteiger partial charge on any atom is 0.302 e. The molecule has 184 valence electrons. The van der Waals surface area contributed by atoms with Crippen LogP contribution in [0.3, 0.4) is 0 Å². The number of carbonyl (C=O) groups excluding carboxylic acids is 2. The Kier molecular flexibility index (Phi) is 6.25. The van der Waals surface area contributed by atoms with Gasteiger partial charge >= 0.3 is 5.97 Å². The number of ketones is 1. The molecular weight excluding hydrogens is 424 g/mol. The van der Waals surface area contributed by atoms with E-state index in [4.69, 9.17) is 9.47 Å². The lowest BCUT2D eigenvalue weighted by Crippen LogP contribution is -2.51. The Bertz CT molecular complexity index is 967. The fraction of sp³-hybridized carbons (Fsp3) is 0.667. The first kappa shape index (κ1) is 23.8. The van der Waals surface area contributed by atoms with E-state index in [1.165, 1.54) is 24.5 Å². The lowest BCUT2D eigenvalue weighted by atomic mass is 9.47.